The first kappa shape index (κ1) is 21.4. The Bertz CT molecular complexity index is 692. The number of anilines is 1. The number of ether oxygens (including phenoxy) is 1. The molecule has 7 heteroatoms. The number of hydrogen-bond acceptors (Lipinski definition) is 4. The van der Waals surface area contributed by atoms with Crippen molar-refractivity contribution in [2.24, 2.45) is 4.99 Å². The fourth-order valence-corrected chi connectivity index (χ4v) is 3.21. The van der Waals surface area contributed by atoms with Crippen LogP contribution in [0.4, 0.5) is 5.69 Å². The van der Waals surface area contributed by atoms with Crippen molar-refractivity contribution in [1.29, 1.82) is 0 Å². The number of nitrogens with zero attached hydrogens (tertiary/aromatic N) is 1. The predicted octanol–water partition coefficient (Wildman–Crippen LogP) is 3.86. The lowest BCUT2D eigenvalue weighted by Crippen LogP contribution is -2.37. The average Bonchev–Trinajstić information content (AvgIpc) is 2.70. The maximum atomic E-state index is 5.90. The second-order valence-electron chi connectivity index (χ2n) is 5.77. The van der Waals surface area contributed by atoms with Crippen LogP contribution in [0.1, 0.15) is 5.56 Å². The number of halogens is 1. The van der Waals surface area contributed by atoms with Crippen LogP contribution in [0.5, 0.6) is 0 Å². The molecule has 27 heavy (non-hydrogen) atoms. The molecule has 0 aliphatic rings. The van der Waals surface area contributed by atoms with Gasteiger partial charge < -0.3 is 20.7 Å². The average molecular weight is 407 g/mol. The van der Waals surface area contributed by atoms with Gasteiger partial charge in [-0.3, -0.25) is 4.99 Å². The van der Waals surface area contributed by atoms with Crippen LogP contribution in [-0.4, -0.2) is 45.6 Å². The predicted molar refractivity (Wildman–Crippen MR) is 117 cm³/mol. The number of thioether (sulfide) groups is 1. The third-order valence-corrected chi connectivity index (χ3v) is 5.02. The van der Waals surface area contributed by atoms with Crippen molar-refractivity contribution >= 4 is 35.0 Å². The molecule has 2 aromatic rings. The zero-order chi connectivity index (χ0) is 19.3. The van der Waals surface area contributed by atoms with E-state index in [4.69, 9.17) is 16.3 Å². The van der Waals surface area contributed by atoms with Crippen LogP contribution in [0, 0.1) is 0 Å². The van der Waals surface area contributed by atoms with E-state index in [1.165, 1.54) is 10.5 Å². The summed E-state index contributed by atoms with van der Waals surface area (Å²) < 4.78 is 5.04. The van der Waals surface area contributed by atoms with Gasteiger partial charge in [-0.15, -0.1) is 11.8 Å². The largest absolute Gasteiger partial charge is 0.383 e. The van der Waals surface area contributed by atoms with Crippen LogP contribution in [0.15, 0.2) is 58.4 Å². The molecule has 0 saturated carbocycles. The van der Waals surface area contributed by atoms with Crippen molar-refractivity contribution in [2.45, 2.75) is 11.4 Å². The SMILES string of the molecule is CN=C(NCCSc1ccc(Cl)cc1)NCc1ccc(NCCOC)cc1. The fourth-order valence-electron chi connectivity index (χ4n) is 2.31. The molecule has 0 aliphatic carbocycles. The molecule has 0 fully saturated rings. The highest BCUT2D eigenvalue weighted by atomic mass is 35.5. The van der Waals surface area contributed by atoms with E-state index in [-0.39, 0.29) is 0 Å². The Hall–Kier alpha value is -1.89. The number of guanidine groups is 1. The van der Waals surface area contributed by atoms with Crippen molar-refractivity contribution in [3.63, 3.8) is 0 Å². The highest BCUT2D eigenvalue weighted by Gasteiger charge is 2.00. The summed E-state index contributed by atoms with van der Waals surface area (Å²) in [5.41, 5.74) is 2.29. The molecular weight excluding hydrogens is 380 g/mol. The molecule has 2 rings (SSSR count). The summed E-state index contributed by atoms with van der Waals surface area (Å²) in [4.78, 5) is 5.48. The van der Waals surface area contributed by atoms with Gasteiger partial charge in [0.1, 0.15) is 0 Å². The molecule has 0 saturated heterocycles. The normalized spacial score (nSPS) is 11.3. The molecule has 0 spiro atoms. The topological polar surface area (TPSA) is 57.7 Å². The maximum Gasteiger partial charge on any atom is 0.191 e. The minimum absolute atomic E-state index is 0.696. The first-order valence-electron chi connectivity index (χ1n) is 8.86. The van der Waals surface area contributed by atoms with E-state index < -0.39 is 0 Å². The number of hydrogen-bond donors (Lipinski definition) is 3. The first-order chi connectivity index (χ1) is 13.2. The molecule has 0 aromatic heterocycles. The number of rotatable bonds is 10. The second-order valence-corrected chi connectivity index (χ2v) is 7.38. The molecule has 0 radical (unpaired) electrons. The van der Waals surface area contributed by atoms with E-state index in [1.54, 1.807) is 25.9 Å². The van der Waals surface area contributed by atoms with Gasteiger partial charge in [-0.2, -0.15) is 0 Å². The summed E-state index contributed by atoms with van der Waals surface area (Å²) in [6, 6.07) is 16.3. The Balaban J connectivity index is 1.66. The molecule has 0 aliphatic heterocycles. The summed E-state index contributed by atoms with van der Waals surface area (Å²) in [6.45, 7) is 3.05. The first-order valence-corrected chi connectivity index (χ1v) is 10.2. The lowest BCUT2D eigenvalue weighted by molar-refractivity contribution is 0.211. The van der Waals surface area contributed by atoms with Crippen molar-refractivity contribution < 1.29 is 4.74 Å². The number of methoxy groups -OCH3 is 1. The summed E-state index contributed by atoms with van der Waals surface area (Å²) in [5, 5.41) is 10.7. The Kier molecular flexibility index (Phi) is 9.90. The van der Waals surface area contributed by atoms with Crippen molar-refractivity contribution in [3.8, 4) is 0 Å². The van der Waals surface area contributed by atoms with Crippen molar-refractivity contribution in [1.82, 2.24) is 10.6 Å². The van der Waals surface area contributed by atoms with Gasteiger partial charge in [0.05, 0.1) is 6.61 Å². The maximum absolute atomic E-state index is 5.90. The van der Waals surface area contributed by atoms with Crippen LogP contribution >= 0.6 is 23.4 Å². The Labute approximate surface area is 170 Å². The van der Waals surface area contributed by atoms with Crippen LogP contribution in [0.3, 0.4) is 0 Å². The highest BCUT2D eigenvalue weighted by Crippen LogP contribution is 2.19. The van der Waals surface area contributed by atoms with E-state index in [9.17, 15) is 0 Å². The standard InChI is InChI=1S/C20H27ClN4OS/c1-22-20(24-12-14-27-19-9-5-17(21)6-10-19)25-15-16-3-7-18(8-4-16)23-11-13-26-2/h3-10,23H,11-15H2,1-2H3,(H2,22,24,25). The van der Waals surface area contributed by atoms with Crippen LogP contribution < -0.4 is 16.0 Å². The van der Waals surface area contributed by atoms with Crippen molar-refractivity contribution in [2.75, 3.05) is 44.9 Å². The van der Waals surface area contributed by atoms with Gasteiger partial charge in [0.2, 0.25) is 0 Å². The van der Waals surface area contributed by atoms with Gasteiger partial charge in [-0.1, -0.05) is 23.7 Å². The van der Waals surface area contributed by atoms with E-state index >= 15 is 0 Å². The van der Waals surface area contributed by atoms with Gasteiger partial charge in [0.15, 0.2) is 5.96 Å². The zero-order valence-electron chi connectivity index (χ0n) is 15.8. The second kappa shape index (κ2) is 12.5. The molecule has 0 atom stereocenters. The van der Waals surface area contributed by atoms with Gasteiger partial charge in [0.25, 0.3) is 0 Å². The monoisotopic (exact) mass is 406 g/mol. The van der Waals surface area contributed by atoms with Gasteiger partial charge >= 0.3 is 0 Å². The molecule has 0 bridgehead atoms. The molecule has 0 heterocycles. The van der Waals surface area contributed by atoms with Crippen LogP contribution in [0.25, 0.3) is 0 Å². The van der Waals surface area contributed by atoms with E-state index in [1.807, 2.05) is 24.3 Å². The highest BCUT2D eigenvalue weighted by molar-refractivity contribution is 7.99. The molecule has 3 N–H and O–H groups in total. The number of aliphatic imine (C=N–C) groups is 1. The lowest BCUT2D eigenvalue weighted by atomic mass is 10.2. The molecule has 146 valence electrons. The molecule has 0 amide bonds. The Morgan fingerprint density at radius 2 is 1.78 bits per heavy atom. The van der Waals surface area contributed by atoms with E-state index in [0.717, 1.165) is 42.1 Å². The Morgan fingerprint density at radius 1 is 1.04 bits per heavy atom. The third-order valence-electron chi connectivity index (χ3n) is 3.75. The van der Waals surface area contributed by atoms with Gasteiger partial charge in [0, 0.05) is 55.2 Å². The number of nitrogens with one attached hydrogen (secondary N) is 3. The molecule has 5 nitrogen and oxygen atoms in total. The quantitative estimate of drug-likeness (QED) is 0.242. The van der Waals surface area contributed by atoms with Crippen molar-refractivity contribution in [3.05, 3.63) is 59.1 Å². The smallest absolute Gasteiger partial charge is 0.191 e. The molecule has 2 aromatic carbocycles. The minimum Gasteiger partial charge on any atom is -0.383 e. The summed E-state index contributed by atoms with van der Waals surface area (Å²) in [7, 11) is 3.48. The van der Waals surface area contributed by atoms with E-state index in [0.29, 0.717) is 6.61 Å². The summed E-state index contributed by atoms with van der Waals surface area (Å²) in [6.07, 6.45) is 0. The Morgan fingerprint density at radius 3 is 2.44 bits per heavy atom. The summed E-state index contributed by atoms with van der Waals surface area (Å²) >= 11 is 7.69. The molecular formula is C20H27ClN4OS. The fraction of sp³-hybridized carbons (Fsp3) is 0.350. The zero-order valence-corrected chi connectivity index (χ0v) is 17.4. The van der Waals surface area contributed by atoms with Gasteiger partial charge in [-0.25, -0.2) is 0 Å². The van der Waals surface area contributed by atoms with Gasteiger partial charge in [-0.05, 0) is 42.0 Å². The van der Waals surface area contributed by atoms with Crippen LogP contribution in [0.2, 0.25) is 5.02 Å². The van der Waals surface area contributed by atoms with E-state index in [2.05, 4.69) is 45.2 Å². The summed E-state index contributed by atoms with van der Waals surface area (Å²) in [5.74, 6) is 1.75. The lowest BCUT2D eigenvalue weighted by Gasteiger charge is -2.12. The van der Waals surface area contributed by atoms with Crippen LogP contribution in [-0.2, 0) is 11.3 Å². The number of benzene rings is 2. The molecule has 0 unspecified atom stereocenters. The minimum atomic E-state index is 0.696. The third kappa shape index (κ3) is 8.56.